The van der Waals surface area contributed by atoms with Crippen LogP contribution >= 0.6 is 23.1 Å². The van der Waals surface area contributed by atoms with Gasteiger partial charge in [0.2, 0.25) is 11.0 Å². The first-order chi connectivity index (χ1) is 10.3. The van der Waals surface area contributed by atoms with Gasteiger partial charge in [0.1, 0.15) is 0 Å². The summed E-state index contributed by atoms with van der Waals surface area (Å²) in [5.41, 5.74) is -0.0363. The standard InChI is InChI=1S/C15H26N4OS2/c1-10(12(20)16-11-8-6-5-7-9-11)21-14-19-18-13(22-14)17-15(2,3)4/h10-11H,5-9H2,1-4H3,(H,16,20)(H,17,18). The quantitative estimate of drug-likeness (QED) is 0.799. The molecule has 1 aromatic heterocycles. The van der Waals surface area contributed by atoms with Gasteiger partial charge >= 0.3 is 0 Å². The summed E-state index contributed by atoms with van der Waals surface area (Å²) in [7, 11) is 0. The van der Waals surface area contributed by atoms with Gasteiger partial charge in [-0.3, -0.25) is 4.79 Å². The SMILES string of the molecule is CC(Sc1nnc(NC(C)(C)C)s1)C(=O)NC1CCCCC1. The topological polar surface area (TPSA) is 66.9 Å². The number of nitrogens with one attached hydrogen (secondary N) is 2. The number of aromatic nitrogens is 2. The lowest BCUT2D eigenvalue weighted by Gasteiger charge is -2.24. The largest absolute Gasteiger partial charge is 0.355 e. The molecule has 0 bridgehead atoms. The molecule has 1 aromatic rings. The fraction of sp³-hybridized carbons (Fsp3) is 0.800. The fourth-order valence-corrected chi connectivity index (χ4v) is 4.51. The molecule has 1 amide bonds. The summed E-state index contributed by atoms with van der Waals surface area (Å²) in [6, 6.07) is 0.358. The maximum absolute atomic E-state index is 12.3. The van der Waals surface area contributed by atoms with Crippen LogP contribution in [0.3, 0.4) is 0 Å². The van der Waals surface area contributed by atoms with Crippen molar-refractivity contribution in [2.75, 3.05) is 5.32 Å². The van der Waals surface area contributed by atoms with Gasteiger partial charge in [-0.25, -0.2) is 0 Å². The Morgan fingerprint density at radius 1 is 1.27 bits per heavy atom. The Morgan fingerprint density at radius 3 is 2.59 bits per heavy atom. The van der Waals surface area contributed by atoms with E-state index >= 15 is 0 Å². The predicted molar refractivity (Wildman–Crippen MR) is 93.6 cm³/mol. The first-order valence-corrected chi connectivity index (χ1v) is 9.62. The fourth-order valence-electron chi connectivity index (χ4n) is 2.40. The first kappa shape index (κ1) is 17.5. The van der Waals surface area contributed by atoms with Crippen LogP contribution in [-0.2, 0) is 4.79 Å². The zero-order chi connectivity index (χ0) is 16.2. The molecule has 0 aliphatic heterocycles. The second kappa shape index (κ2) is 7.64. The molecule has 1 atom stereocenters. The molecule has 5 nitrogen and oxygen atoms in total. The Labute approximate surface area is 141 Å². The van der Waals surface area contributed by atoms with Gasteiger partial charge in [0.05, 0.1) is 5.25 Å². The van der Waals surface area contributed by atoms with Gasteiger partial charge in [0, 0.05) is 11.6 Å². The van der Waals surface area contributed by atoms with Crippen LogP contribution in [0.2, 0.25) is 0 Å². The Hall–Kier alpha value is -0.820. The average Bonchev–Trinajstić information content (AvgIpc) is 2.84. The van der Waals surface area contributed by atoms with Crippen molar-refractivity contribution in [2.45, 2.75) is 81.0 Å². The molecule has 0 aromatic carbocycles. The molecule has 1 aliphatic carbocycles. The van der Waals surface area contributed by atoms with Gasteiger partial charge in [-0.2, -0.15) is 0 Å². The third-order valence-corrected chi connectivity index (χ3v) is 5.51. The molecule has 0 saturated heterocycles. The molecule has 0 radical (unpaired) electrons. The number of carbonyl (C=O) groups is 1. The minimum atomic E-state index is -0.141. The van der Waals surface area contributed by atoms with E-state index in [1.54, 1.807) is 0 Å². The number of thioether (sulfide) groups is 1. The molecule has 2 N–H and O–H groups in total. The van der Waals surface area contributed by atoms with Crippen LogP contribution in [-0.4, -0.2) is 32.9 Å². The number of amides is 1. The van der Waals surface area contributed by atoms with E-state index in [9.17, 15) is 4.79 Å². The van der Waals surface area contributed by atoms with E-state index in [1.807, 2.05) is 6.92 Å². The smallest absolute Gasteiger partial charge is 0.233 e. The Morgan fingerprint density at radius 2 is 1.95 bits per heavy atom. The molecule has 1 aliphatic rings. The van der Waals surface area contributed by atoms with Crippen LogP contribution in [0.4, 0.5) is 5.13 Å². The van der Waals surface area contributed by atoms with Crippen LogP contribution in [0, 0.1) is 0 Å². The predicted octanol–water partition coefficient (Wildman–Crippen LogP) is 3.68. The first-order valence-electron chi connectivity index (χ1n) is 7.92. The average molecular weight is 343 g/mol. The summed E-state index contributed by atoms with van der Waals surface area (Å²) < 4.78 is 0.832. The van der Waals surface area contributed by atoms with Crippen LogP contribution in [0.25, 0.3) is 0 Å². The molecule has 1 fully saturated rings. The molecule has 0 spiro atoms. The van der Waals surface area contributed by atoms with Crippen LogP contribution in [0.15, 0.2) is 4.34 Å². The van der Waals surface area contributed by atoms with E-state index in [-0.39, 0.29) is 16.7 Å². The Bertz CT molecular complexity index is 492. The highest BCUT2D eigenvalue weighted by Gasteiger charge is 2.22. The van der Waals surface area contributed by atoms with E-state index in [0.29, 0.717) is 6.04 Å². The maximum atomic E-state index is 12.3. The molecule has 22 heavy (non-hydrogen) atoms. The van der Waals surface area contributed by atoms with E-state index in [4.69, 9.17) is 0 Å². The number of rotatable bonds is 5. The molecule has 1 unspecified atom stereocenters. The van der Waals surface area contributed by atoms with Gasteiger partial charge in [0.15, 0.2) is 4.34 Å². The lowest BCUT2D eigenvalue weighted by molar-refractivity contribution is -0.121. The van der Waals surface area contributed by atoms with Crippen molar-refractivity contribution in [3.05, 3.63) is 0 Å². The van der Waals surface area contributed by atoms with Gasteiger partial charge < -0.3 is 10.6 Å². The van der Waals surface area contributed by atoms with E-state index in [2.05, 4.69) is 41.6 Å². The summed E-state index contributed by atoms with van der Waals surface area (Å²) >= 11 is 2.98. The zero-order valence-electron chi connectivity index (χ0n) is 13.8. The summed E-state index contributed by atoms with van der Waals surface area (Å²) in [5.74, 6) is 0.109. The zero-order valence-corrected chi connectivity index (χ0v) is 15.4. The van der Waals surface area contributed by atoms with Crippen molar-refractivity contribution >= 4 is 34.1 Å². The van der Waals surface area contributed by atoms with E-state index in [1.165, 1.54) is 42.4 Å². The number of nitrogens with zero attached hydrogens (tertiary/aromatic N) is 2. The summed E-state index contributed by atoms with van der Waals surface area (Å²) in [6.07, 6.45) is 5.98. The number of carbonyl (C=O) groups excluding carboxylic acids is 1. The third kappa shape index (κ3) is 5.76. The normalized spacial score (nSPS) is 18.0. The molecule has 1 heterocycles. The third-order valence-electron chi connectivity index (χ3n) is 3.49. The second-order valence-corrected chi connectivity index (χ2v) is 9.42. The number of hydrogen-bond acceptors (Lipinski definition) is 6. The molecule has 1 saturated carbocycles. The molecular weight excluding hydrogens is 316 g/mol. The van der Waals surface area contributed by atoms with Gasteiger partial charge in [-0.05, 0) is 40.5 Å². The Kier molecular flexibility index (Phi) is 6.09. The highest BCUT2D eigenvalue weighted by molar-refractivity contribution is 8.02. The summed E-state index contributed by atoms with van der Waals surface area (Å²) in [6.45, 7) is 8.19. The summed E-state index contributed by atoms with van der Waals surface area (Å²) in [5, 5.41) is 15.4. The van der Waals surface area contributed by atoms with Gasteiger partial charge in [-0.1, -0.05) is 42.4 Å². The monoisotopic (exact) mass is 342 g/mol. The molecule has 7 heteroatoms. The van der Waals surface area contributed by atoms with Crippen molar-refractivity contribution in [3.63, 3.8) is 0 Å². The number of anilines is 1. The minimum Gasteiger partial charge on any atom is -0.355 e. The lowest BCUT2D eigenvalue weighted by Crippen LogP contribution is -2.40. The van der Waals surface area contributed by atoms with Crippen LogP contribution in [0.1, 0.15) is 59.8 Å². The van der Waals surface area contributed by atoms with E-state index < -0.39 is 0 Å². The van der Waals surface area contributed by atoms with Crippen LogP contribution < -0.4 is 10.6 Å². The lowest BCUT2D eigenvalue weighted by atomic mass is 9.95. The van der Waals surface area contributed by atoms with Gasteiger partial charge in [0.25, 0.3) is 0 Å². The minimum absolute atomic E-state index is 0.0363. The van der Waals surface area contributed by atoms with Crippen molar-refractivity contribution < 1.29 is 4.79 Å². The molecular formula is C15H26N4OS2. The highest BCUT2D eigenvalue weighted by atomic mass is 32.2. The highest BCUT2D eigenvalue weighted by Crippen LogP contribution is 2.30. The van der Waals surface area contributed by atoms with Crippen molar-refractivity contribution in [2.24, 2.45) is 0 Å². The summed E-state index contributed by atoms with van der Waals surface area (Å²) in [4.78, 5) is 12.3. The molecule has 2 rings (SSSR count). The van der Waals surface area contributed by atoms with E-state index in [0.717, 1.165) is 22.3 Å². The number of hydrogen-bond donors (Lipinski definition) is 2. The maximum Gasteiger partial charge on any atom is 0.233 e. The molecule has 124 valence electrons. The van der Waals surface area contributed by atoms with Crippen molar-refractivity contribution in [1.29, 1.82) is 0 Å². The van der Waals surface area contributed by atoms with Crippen molar-refractivity contribution in [1.82, 2.24) is 15.5 Å². The Balaban J connectivity index is 1.83. The van der Waals surface area contributed by atoms with Gasteiger partial charge in [-0.15, -0.1) is 10.2 Å². The second-order valence-electron chi connectivity index (χ2n) is 6.85. The van der Waals surface area contributed by atoms with Crippen LogP contribution in [0.5, 0.6) is 0 Å². The van der Waals surface area contributed by atoms with Crippen molar-refractivity contribution in [3.8, 4) is 0 Å².